The van der Waals surface area contributed by atoms with E-state index in [2.05, 4.69) is 9.83 Å². The van der Waals surface area contributed by atoms with Crippen LogP contribution in [0.4, 0.5) is 10.6 Å². The minimum absolute atomic E-state index is 0.282. The van der Waals surface area contributed by atoms with Crippen molar-refractivity contribution >= 4 is 11.9 Å². The lowest BCUT2D eigenvalue weighted by atomic mass is 10.1. The zero-order chi connectivity index (χ0) is 14.8. The second-order valence-electron chi connectivity index (χ2n) is 5.85. The first kappa shape index (κ1) is 14.3. The number of hydrogen-bond donors (Lipinski definition) is 0. The zero-order valence-corrected chi connectivity index (χ0v) is 12.1. The van der Waals surface area contributed by atoms with Crippen molar-refractivity contribution in [3.05, 3.63) is 34.8 Å². The number of pyridine rings is 1. The van der Waals surface area contributed by atoms with Gasteiger partial charge in [0.05, 0.1) is 0 Å². The second-order valence-corrected chi connectivity index (χ2v) is 5.85. The summed E-state index contributed by atoms with van der Waals surface area (Å²) in [5.74, 6) is 0.412. The van der Waals surface area contributed by atoms with Crippen LogP contribution in [0.15, 0.2) is 12.1 Å². The number of nitrogens with zero attached hydrogens (tertiary/aromatic N) is 3. The number of carbonyl (C=O) groups excluding carboxylic acids is 1. The first-order chi connectivity index (χ1) is 9.39. The standard InChI is InChI=1S/C15H19N3O2/c1-15(2,3)20-14(19)18-9-7-11-5-6-13(16-4)17-12(11)8-10-18/h5-6H,7-10H2,1-3H3. The molecule has 1 aliphatic rings. The van der Waals surface area contributed by atoms with Crippen LogP contribution in [0.1, 0.15) is 32.0 Å². The second kappa shape index (κ2) is 5.49. The maximum Gasteiger partial charge on any atom is 0.410 e. The fraction of sp³-hybridized carbons (Fsp3) is 0.533. The molecule has 0 unspecified atom stereocenters. The van der Waals surface area contributed by atoms with Crippen LogP contribution in [0.3, 0.4) is 0 Å². The molecular weight excluding hydrogens is 254 g/mol. The van der Waals surface area contributed by atoms with E-state index in [1.54, 1.807) is 11.0 Å². The Labute approximate surface area is 119 Å². The third-order valence-corrected chi connectivity index (χ3v) is 3.09. The predicted molar refractivity (Wildman–Crippen MR) is 75.7 cm³/mol. The third kappa shape index (κ3) is 3.47. The molecule has 0 saturated heterocycles. The van der Waals surface area contributed by atoms with Crippen LogP contribution >= 0.6 is 0 Å². The summed E-state index contributed by atoms with van der Waals surface area (Å²) in [7, 11) is 0. The number of ether oxygens (including phenoxy) is 1. The highest BCUT2D eigenvalue weighted by atomic mass is 16.6. The molecule has 5 nitrogen and oxygen atoms in total. The van der Waals surface area contributed by atoms with Crippen molar-refractivity contribution in [3.8, 4) is 0 Å². The van der Waals surface area contributed by atoms with E-state index in [0.29, 0.717) is 25.3 Å². The van der Waals surface area contributed by atoms with Gasteiger partial charge in [0.1, 0.15) is 11.3 Å². The van der Waals surface area contributed by atoms with Crippen LogP contribution in [0.25, 0.3) is 4.85 Å². The van der Waals surface area contributed by atoms with Gasteiger partial charge in [0.25, 0.3) is 5.82 Å². The zero-order valence-electron chi connectivity index (χ0n) is 12.1. The van der Waals surface area contributed by atoms with E-state index in [9.17, 15) is 4.79 Å². The Morgan fingerprint density at radius 3 is 2.70 bits per heavy atom. The van der Waals surface area contributed by atoms with E-state index >= 15 is 0 Å². The normalized spacial score (nSPS) is 15.0. The minimum Gasteiger partial charge on any atom is -0.444 e. The highest BCUT2D eigenvalue weighted by Gasteiger charge is 2.25. The Kier molecular flexibility index (Phi) is 3.93. The van der Waals surface area contributed by atoms with E-state index < -0.39 is 5.60 Å². The molecule has 5 heteroatoms. The highest BCUT2D eigenvalue weighted by molar-refractivity contribution is 5.68. The van der Waals surface area contributed by atoms with E-state index in [1.807, 2.05) is 26.8 Å². The van der Waals surface area contributed by atoms with Crippen molar-refractivity contribution in [2.45, 2.75) is 39.2 Å². The Balaban J connectivity index is 2.08. The molecule has 0 aromatic carbocycles. The Bertz CT molecular complexity index is 555. The molecule has 1 amide bonds. The van der Waals surface area contributed by atoms with Crippen molar-refractivity contribution in [1.29, 1.82) is 0 Å². The number of rotatable bonds is 0. The van der Waals surface area contributed by atoms with Crippen molar-refractivity contribution in [2.75, 3.05) is 13.1 Å². The molecule has 0 N–H and O–H groups in total. The maximum atomic E-state index is 12.1. The van der Waals surface area contributed by atoms with Crippen LogP contribution < -0.4 is 0 Å². The fourth-order valence-electron chi connectivity index (χ4n) is 2.14. The molecule has 0 saturated carbocycles. The fourth-order valence-corrected chi connectivity index (χ4v) is 2.14. The van der Waals surface area contributed by atoms with Gasteiger partial charge < -0.3 is 14.5 Å². The highest BCUT2D eigenvalue weighted by Crippen LogP contribution is 2.19. The lowest BCUT2D eigenvalue weighted by molar-refractivity contribution is 0.0258. The molecule has 0 bridgehead atoms. The average Bonchev–Trinajstić information content (AvgIpc) is 2.58. The van der Waals surface area contributed by atoms with Gasteiger partial charge in [-0.1, -0.05) is 12.6 Å². The summed E-state index contributed by atoms with van der Waals surface area (Å²) in [5, 5.41) is 0. The maximum absolute atomic E-state index is 12.1. The predicted octanol–water partition coefficient (Wildman–Crippen LogP) is 2.97. The number of carbonyl (C=O) groups is 1. The van der Waals surface area contributed by atoms with Crippen molar-refractivity contribution in [3.63, 3.8) is 0 Å². The molecule has 0 fully saturated rings. The van der Waals surface area contributed by atoms with E-state index in [-0.39, 0.29) is 6.09 Å². The van der Waals surface area contributed by atoms with Crippen LogP contribution in [-0.4, -0.2) is 34.7 Å². The van der Waals surface area contributed by atoms with Gasteiger partial charge in [0.2, 0.25) is 0 Å². The van der Waals surface area contributed by atoms with E-state index in [1.165, 1.54) is 0 Å². The third-order valence-electron chi connectivity index (χ3n) is 3.09. The lowest BCUT2D eigenvalue weighted by Gasteiger charge is -2.26. The summed E-state index contributed by atoms with van der Waals surface area (Å²) in [6.45, 7) is 13.8. The van der Waals surface area contributed by atoms with Crippen LogP contribution in [0, 0.1) is 6.57 Å². The number of amides is 1. The summed E-state index contributed by atoms with van der Waals surface area (Å²) < 4.78 is 5.39. The van der Waals surface area contributed by atoms with Gasteiger partial charge in [-0.05, 0) is 38.8 Å². The Morgan fingerprint density at radius 1 is 1.35 bits per heavy atom. The van der Waals surface area contributed by atoms with Gasteiger partial charge in [-0.25, -0.2) is 4.79 Å². The monoisotopic (exact) mass is 273 g/mol. The molecule has 0 spiro atoms. The quantitative estimate of drug-likeness (QED) is 0.683. The number of aromatic nitrogens is 1. The SMILES string of the molecule is [C-]#[N+]c1ccc2c(n1)CCN(C(=O)OC(C)(C)C)CC2. The molecule has 1 aromatic rings. The largest absolute Gasteiger partial charge is 0.444 e. The first-order valence-corrected chi connectivity index (χ1v) is 6.73. The molecule has 2 heterocycles. The van der Waals surface area contributed by atoms with Gasteiger partial charge in [-0.15, -0.1) is 4.98 Å². The minimum atomic E-state index is -0.480. The van der Waals surface area contributed by atoms with Crippen molar-refractivity contribution in [1.82, 2.24) is 9.88 Å². The summed E-state index contributed by atoms with van der Waals surface area (Å²) in [4.78, 5) is 21.5. The van der Waals surface area contributed by atoms with E-state index in [4.69, 9.17) is 11.3 Å². The molecular formula is C15H19N3O2. The van der Waals surface area contributed by atoms with Gasteiger partial charge >= 0.3 is 6.09 Å². The summed E-state index contributed by atoms with van der Waals surface area (Å²) in [6.07, 6.45) is 1.13. The molecule has 0 radical (unpaired) electrons. The van der Waals surface area contributed by atoms with Gasteiger partial charge in [-0.2, -0.15) is 0 Å². The topological polar surface area (TPSA) is 46.8 Å². The number of hydrogen-bond acceptors (Lipinski definition) is 3. The van der Waals surface area contributed by atoms with Gasteiger partial charge in [0.15, 0.2) is 0 Å². The summed E-state index contributed by atoms with van der Waals surface area (Å²) >= 11 is 0. The van der Waals surface area contributed by atoms with Crippen molar-refractivity contribution in [2.24, 2.45) is 0 Å². The van der Waals surface area contributed by atoms with Crippen LogP contribution in [0.2, 0.25) is 0 Å². The smallest absolute Gasteiger partial charge is 0.410 e. The Morgan fingerprint density at radius 2 is 2.05 bits per heavy atom. The van der Waals surface area contributed by atoms with Gasteiger partial charge in [0, 0.05) is 19.5 Å². The molecule has 20 heavy (non-hydrogen) atoms. The summed E-state index contributed by atoms with van der Waals surface area (Å²) in [5.41, 5.74) is 1.55. The number of fused-ring (bicyclic) bond motifs is 1. The van der Waals surface area contributed by atoms with Crippen molar-refractivity contribution < 1.29 is 9.53 Å². The van der Waals surface area contributed by atoms with E-state index in [0.717, 1.165) is 17.7 Å². The first-order valence-electron chi connectivity index (χ1n) is 6.73. The molecule has 1 aromatic heterocycles. The average molecular weight is 273 g/mol. The molecule has 1 aliphatic heterocycles. The van der Waals surface area contributed by atoms with Crippen LogP contribution in [-0.2, 0) is 17.6 Å². The summed E-state index contributed by atoms with van der Waals surface area (Å²) in [6, 6.07) is 3.67. The molecule has 106 valence electrons. The van der Waals surface area contributed by atoms with Gasteiger partial charge in [-0.3, -0.25) is 0 Å². The molecule has 2 rings (SSSR count). The Hall–Kier alpha value is -2.09. The molecule has 0 atom stereocenters. The lowest BCUT2D eigenvalue weighted by Crippen LogP contribution is -2.38. The van der Waals surface area contributed by atoms with Crippen LogP contribution in [0.5, 0.6) is 0 Å². The molecule has 0 aliphatic carbocycles.